The van der Waals surface area contributed by atoms with Gasteiger partial charge in [0, 0.05) is 12.8 Å². The molecule has 0 rings (SSSR count). The quantitative estimate of drug-likeness (QED) is 0.0889. The third-order valence-electron chi connectivity index (χ3n) is 5.22. The molecule has 0 radical (unpaired) electrons. The Hall–Kier alpha value is -3.26. The van der Waals surface area contributed by atoms with Crippen LogP contribution in [-0.2, 0) is 28.8 Å². The largest absolute Gasteiger partial charge is 0.481 e. The van der Waals surface area contributed by atoms with E-state index in [1.54, 1.807) is 0 Å². The number of carboxylic acid groups (broad SMARTS) is 2. The third kappa shape index (κ3) is 14.2. The molecular weight excluding hydrogens is 476 g/mol. The van der Waals surface area contributed by atoms with Gasteiger partial charge >= 0.3 is 11.9 Å². The van der Waals surface area contributed by atoms with Gasteiger partial charge in [-0.2, -0.15) is 0 Å². The average molecular weight is 517 g/mol. The maximum atomic E-state index is 13.0. The van der Waals surface area contributed by atoms with E-state index in [1.165, 1.54) is 0 Å². The van der Waals surface area contributed by atoms with E-state index in [4.69, 9.17) is 22.3 Å². The number of hydrogen-bond donors (Lipinski definition) is 8. The van der Waals surface area contributed by atoms with E-state index in [2.05, 4.69) is 16.0 Å². The highest BCUT2D eigenvalue weighted by molar-refractivity contribution is 5.94. The van der Waals surface area contributed by atoms with E-state index in [0.717, 1.165) is 0 Å². The van der Waals surface area contributed by atoms with Crippen LogP contribution in [0.1, 0.15) is 65.2 Å². The standard InChI is InChI=1S/C22H40N6O8/c1-12(2)11-13(24)19(32)26-14(5-3-4-10-23)20(33)27-15(7-9-18(30)31)21(34)28-16(22(35)36)6-8-17(25)29/h12-16H,3-11,23-24H2,1-2H3,(H2,25,29)(H,26,32)(H,27,33)(H,28,34)(H,30,31)(H,35,36). The van der Waals surface area contributed by atoms with Gasteiger partial charge in [0.25, 0.3) is 0 Å². The van der Waals surface area contributed by atoms with Crippen molar-refractivity contribution in [2.24, 2.45) is 23.1 Å². The molecule has 0 heterocycles. The molecule has 4 atom stereocenters. The van der Waals surface area contributed by atoms with Crippen molar-refractivity contribution >= 4 is 35.6 Å². The summed E-state index contributed by atoms with van der Waals surface area (Å²) >= 11 is 0. The number of carboxylic acids is 2. The Morgan fingerprint density at radius 2 is 1.25 bits per heavy atom. The Kier molecular flexibility index (Phi) is 15.7. The lowest BCUT2D eigenvalue weighted by Crippen LogP contribution is -2.57. The highest BCUT2D eigenvalue weighted by Crippen LogP contribution is 2.08. The first-order chi connectivity index (χ1) is 16.8. The molecule has 14 heteroatoms. The lowest BCUT2D eigenvalue weighted by molar-refractivity contribution is -0.143. The topological polar surface area (TPSA) is 257 Å². The van der Waals surface area contributed by atoms with Gasteiger partial charge in [0.05, 0.1) is 6.04 Å². The van der Waals surface area contributed by atoms with E-state index in [1.807, 2.05) is 13.8 Å². The predicted molar refractivity (Wildman–Crippen MR) is 129 cm³/mol. The van der Waals surface area contributed by atoms with Crippen LogP contribution in [-0.4, -0.2) is 76.5 Å². The molecule has 206 valence electrons. The lowest BCUT2D eigenvalue weighted by atomic mass is 10.0. The average Bonchev–Trinajstić information content (AvgIpc) is 2.77. The van der Waals surface area contributed by atoms with E-state index >= 15 is 0 Å². The molecule has 4 amide bonds. The number of hydrogen-bond acceptors (Lipinski definition) is 8. The molecule has 0 aromatic carbocycles. The van der Waals surface area contributed by atoms with Gasteiger partial charge in [-0.3, -0.25) is 24.0 Å². The molecule has 0 saturated heterocycles. The second-order valence-corrected chi connectivity index (χ2v) is 8.98. The van der Waals surface area contributed by atoms with Gasteiger partial charge < -0.3 is 43.4 Å². The highest BCUT2D eigenvalue weighted by atomic mass is 16.4. The Morgan fingerprint density at radius 3 is 1.72 bits per heavy atom. The molecule has 36 heavy (non-hydrogen) atoms. The van der Waals surface area contributed by atoms with Crippen molar-refractivity contribution in [1.29, 1.82) is 0 Å². The molecule has 0 spiro atoms. The van der Waals surface area contributed by atoms with Gasteiger partial charge in [0.15, 0.2) is 0 Å². The van der Waals surface area contributed by atoms with Crippen molar-refractivity contribution in [1.82, 2.24) is 16.0 Å². The number of amides is 4. The fourth-order valence-corrected chi connectivity index (χ4v) is 3.28. The van der Waals surface area contributed by atoms with Gasteiger partial charge in [-0.1, -0.05) is 13.8 Å². The van der Waals surface area contributed by atoms with Crippen molar-refractivity contribution in [2.45, 2.75) is 89.4 Å². The van der Waals surface area contributed by atoms with Crippen molar-refractivity contribution in [2.75, 3.05) is 6.54 Å². The van der Waals surface area contributed by atoms with Crippen LogP contribution in [0.4, 0.5) is 0 Å². The zero-order valence-electron chi connectivity index (χ0n) is 20.8. The molecule has 0 aliphatic carbocycles. The van der Waals surface area contributed by atoms with Crippen molar-refractivity contribution in [3.63, 3.8) is 0 Å². The Labute approximate surface area is 210 Å². The van der Waals surface area contributed by atoms with Crippen LogP contribution in [0.2, 0.25) is 0 Å². The number of carbonyl (C=O) groups is 6. The number of nitrogens with one attached hydrogen (secondary N) is 3. The van der Waals surface area contributed by atoms with Crippen LogP contribution in [0, 0.1) is 5.92 Å². The first-order valence-electron chi connectivity index (χ1n) is 11.9. The fraction of sp³-hybridized carbons (Fsp3) is 0.727. The van der Waals surface area contributed by atoms with E-state index in [9.17, 15) is 33.9 Å². The molecule has 0 aliphatic rings. The van der Waals surface area contributed by atoms with Gasteiger partial charge in [-0.05, 0) is 51.0 Å². The Balaban J connectivity index is 5.59. The summed E-state index contributed by atoms with van der Waals surface area (Å²) in [7, 11) is 0. The summed E-state index contributed by atoms with van der Waals surface area (Å²) in [5.41, 5.74) is 16.4. The van der Waals surface area contributed by atoms with Crippen LogP contribution in [0.5, 0.6) is 0 Å². The van der Waals surface area contributed by atoms with E-state index in [-0.39, 0.29) is 31.6 Å². The number of aliphatic carboxylic acids is 2. The molecular formula is C22H40N6O8. The molecule has 0 fully saturated rings. The van der Waals surface area contributed by atoms with Crippen LogP contribution in [0.15, 0.2) is 0 Å². The highest BCUT2D eigenvalue weighted by Gasteiger charge is 2.30. The SMILES string of the molecule is CC(C)CC(N)C(=O)NC(CCCCN)C(=O)NC(CCC(=O)O)C(=O)NC(CCC(N)=O)C(=O)O. The molecule has 0 aromatic rings. The monoisotopic (exact) mass is 516 g/mol. The summed E-state index contributed by atoms with van der Waals surface area (Å²) in [5.74, 6) is -5.57. The molecule has 0 bridgehead atoms. The van der Waals surface area contributed by atoms with Gasteiger partial charge in [0.2, 0.25) is 23.6 Å². The fourth-order valence-electron chi connectivity index (χ4n) is 3.28. The van der Waals surface area contributed by atoms with Crippen molar-refractivity contribution in [3.05, 3.63) is 0 Å². The smallest absolute Gasteiger partial charge is 0.326 e. The van der Waals surface area contributed by atoms with Gasteiger partial charge in [0.1, 0.15) is 18.1 Å². The summed E-state index contributed by atoms with van der Waals surface area (Å²) < 4.78 is 0. The molecule has 0 saturated carbocycles. The molecule has 4 unspecified atom stereocenters. The summed E-state index contributed by atoms with van der Waals surface area (Å²) in [6, 6.07) is -4.83. The third-order valence-corrected chi connectivity index (χ3v) is 5.22. The molecule has 0 aromatic heterocycles. The Morgan fingerprint density at radius 1 is 0.750 bits per heavy atom. The molecule has 11 N–H and O–H groups in total. The van der Waals surface area contributed by atoms with E-state index < -0.39 is 66.2 Å². The minimum absolute atomic E-state index is 0.135. The number of rotatable bonds is 19. The van der Waals surface area contributed by atoms with Crippen LogP contribution >= 0.6 is 0 Å². The minimum Gasteiger partial charge on any atom is -0.481 e. The van der Waals surface area contributed by atoms with E-state index in [0.29, 0.717) is 25.8 Å². The van der Waals surface area contributed by atoms with Crippen LogP contribution in [0.3, 0.4) is 0 Å². The maximum absolute atomic E-state index is 13.0. The predicted octanol–water partition coefficient (Wildman–Crippen LogP) is -1.84. The number of carbonyl (C=O) groups excluding carboxylic acids is 4. The summed E-state index contributed by atoms with van der Waals surface area (Å²) in [6.45, 7) is 4.14. The number of nitrogens with two attached hydrogens (primary N) is 3. The lowest BCUT2D eigenvalue weighted by Gasteiger charge is -2.25. The summed E-state index contributed by atoms with van der Waals surface area (Å²) in [6.07, 6.45) is 0.180. The van der Waals surface area contributed by atoms with Gasteiger partial charge in [-0.15, -0.1) is 0 Å². The first-order valence-corrected chi connectivity index (χ1v) is 11.9. The number of primary amides is 1. The first kappa shape index (κ1) is 32.7. The van der Waals surface area contributed by atoms with Crippen LogP contribution in [0.25, 0.3) is 0 Å². The van der Waals surface area contributed by atoms with Crippen molar-refractivity contribution in [3.8, 4) is 0 Å². The summed E-state index contributed by atoms with van der Waals surface area (Å²) in [5, 5.41) is 25.5. The van der Waals surface area contributed by atoms with Gasteiger partial charge in [-0.25, -0.2) is 4.79 Å². The second kappa shape index (κ2) is 17.2. The number of unbranched alkanes of at least 4 members (excludes halogenated alkanes) is 1. The zero-order valence-corrected chi connectivity index (χ0v) is 20.8. The minimum atomic E-state index is -1.48. The van der Waals surface area contributed by atoms with Crippen LogP contribution < -0.4 is 33.2 Å². The normalized spacial score (nSPS) is 14.2. The molecule has 14 nitrogen and oxygen atoms in total. The zero-order chi connectivity index (χ0) is 27.8. The van der Waals surface area contributed by atoms with Crippen molar-refractivity contribution < 1.29 is 39.0 Å². The summed E-state index contributed by atoms with van der Waals surface area (Å²) in [4.78, 5) is 71.8. The maximum Gasteiger partial charge on any atom is 0.326 e. The second-order valence-electron chi connectivity index (χ2n) is 8.98. The Bertz CT molecular complexity index is 776. The molecule has 0 aliphatic heterocycles.